The van der Waals surface area contributed by atoms with Crippen LogP contribution in [-0.2, 0) is 6.54 Å². The third kappa shape index (κ3) is 5.06. The van der Waals surface area contributed by atoms with E-state index < -0.39 is 5.91 Å². The van der Waals surface area contributed by atoms with E-state index in [-0.39, 0.29) is 17.3 Å². The van der Waals surface area contributed by atoms with E-state index in [2.05, 4.69) is 36.1 Å². The lowest BCUT2D eigenvalue weighted by molar-refractivity contribution is 0.0947. The Labute approximate surface area is 184 Å². The zero-order chi connectivity index (χ0) is 22.3. The Morgan fingerprint density at radius 1 is 1.22 bits per heavy atom. The molecule has 1 amide bonds. The highest BCUT2D eigenvalue weighted by atomic mass is 16.6. The van der Waals surface area contributed by atoms with Gasteiger partial charge in [-0.1, -0.05) is 48.0 Å². The molecule has 1 saturated heterocycles. The predicted molar refractivity (Wildman–Crippen MR) is 119 cm³/mol. The SMILES string of the molecule is C/C(C=NNC(=O)c1nnn(-c2nonc2N)c1CN1CCCCC1)=C\c1ccccc1. The number of hydrogen-bond donors (Lipinski definition) is 2. The molecule has 32 heavy (non-hydrogen) atoms. The highest BCUT2D eigenvalue weighted by Crippen LogP contribution is 2.19. The number of nitrogens with one attached hydrogen (secondary N) is 1. The number of amides is 1. The normalized spacial score (nSPS) is 15.3. The summed E-state index contributed by atoms with van der Waals surface area (Å²) in [6, 6.07) is 9.86. The lowest BCUT2D eigenvalue weighted by atomic mass is 10.1. The smallest absolute Gasteiger partial charge is 0.293 e. The number of aromatic nitrogens is 5. The number of nitrogen functional groups attached to an aromatic ring is 1. The Bertz CT molecular complexity index is 1110. The van der Waals surface area contributed by atoms with Crippen LogP contribution in [0.2, 0.25) is 0 Å². The molecule has 4 rings (SSSR count). The minimum absolute atomic E-state index is 0.0708. The molecule has 11 nitrogen and oxygen atoms in total. The summed E-state index contributed by atoms with van der Waals surface area (Å²) in [6.07, 6.45) is 6.96. The molecule has 0 spiro atoms. The zero-order valence-corrected chi connectivity index (χ0v) is 17.8. The highest BCUT2D eigenvalue weighted by Gasteiger charge is 2.26. The number of hydrogen-bond acceptors (Lipinski definition) is 9. The molecule has 1 aromatic carbocycles. The summed E-state index contributed by atoms with van der Waals surface area (Å²) in [7, 11) is 0. The van der Waals surface area contributed by atoms with Crippen LogP contribution in [0, 0.1) is 0 Å². The largest absolute Gasteiger partial charge is 0.378 e. The second-order valence-corrected chi connectivity index (χ2v) is 7.60. The van der Waals surface area contributed by atoms with E-state index in [9.17, 15) is 4.79 Å². The summed E-state index contributed by atoms with van der Waals surface area (Å²) in [5.74, 6) is -0.197. The highest BCUT2D eigenvalue weighted by molar-refractivity contribution is 5.94. The second-order valence-electron chi connectivity index (χ2n) is 7.60. The zero-order valence-electron chi connectivity index (χ0n) is 17.8. The molecule has 0 atom stereocenters. The summed E-state index contributed by atoms with van der Waals surface area (Å²) >= 11 is 0. The van der Waals surface area contributed by atoms with Gasteiger partial charge >= 0.3 is 0 Å². The van der Waals surface area contributed by atoms with Crippen molar-refractivity contribution in [2.75, 3.05) is 18.8 Å². The molecule has 166 valence electrons. The molecule has 11 heteroatoms. The summed E-state index contributed by atoms with van der Waals surface area (Å²) < 4.78 is 6.10. The molecule has 3 N–H and O–H groups in total. The van der Waals surface area contributed by atoms with Crippen molar-refractivity contribution in [3.05, 3.63) is 52.9 Å². The quantitative estimate of drug-likeness (QED) is 0.424. The van der Waals surface area contributed by atoms with Gasteiger partial charge in [0.1, 0.15) is 0 Å². The number of rotatable bonds is 7. The van der Waals surface area contributed by atoms with Crippen molar-refractivity contribution >= 4 is 24.0 Å². The van der Waals surface area contributed by atoms with Crippen molar-refractivity contribution in [2.45, 2.75) is 32.7 Å². The molecule has 0 aliphatic carbocycles. The van der Waals surface area contributed by atoms with Crippen LogP contribution in [0.25, 0.3) is 11.9 Å². The van der Waals surface area contributed by atoms with Crippen molar-refractivity contribution in [3.8, 4) is 5.82 Å². The predicted octanol–water partition coefficient (Wildman–Crippen LogP) is 2.04. The van der Waals surface area contributed by atoms with Gasteiger partial charge in [0.15, 0.2) is 5.69 Å². The van der Waals surface area contributed by atoms with Crippen LogP contribution in [0.15, 0.2) is 45.6 Å². The standard InChI is InChI=1S/C21H25N9O2/c1-15(12-16-8-4-2-5-9-16)13-23-25-21(31)18-17(14-29-10-6-3-7-11-29)30(28-24-18)20-19(22)26-32-27-20/h2,4-5,8-9,12-13H,3,6-7,10-11,14H2,1H3,(H2,22,26)(H,25,31)/b15-12+,23-13?. The van der Waals surface area contributed by atoms with Gasteiger partial charge in [0.2, 0.25) is 11.6 Å². The number of carbonyl (C=O) groups excluding carboxylic acids is 1. The van der Waals surface area contributed by atoms with Crippen LogP contribution in [0.4, 0.5) is 5.82 Å². The van der Waals surface area contributed by atoms with Crippen molar-refractivity contribution in [1.29, 1.82) is 0 Å². The fourth-order valence-corrected chi connectivity index (χ4v) is 3.55. The Morgan fingerprint density at radius 2 is 2.00 bits per heavy atom. The summed E-state index contributed by atoms with van der Waals surface area (Å²) in [5, 5.41) is 19.6. The molecule has 3 heterocycles. The second kappa shape index (κ2) is 9.96. The van der Waals surface area contributed by atoms with E-state index in [1.165, 1.54) is 11.1 Å². The first-order chi connectivity index (χ1) is 15.6. The average Bonchev–Trinajstić information content (AvgIpc) is 3.40. The average molecular weight is 435 g/mol. The van der Waals surface area contributed by atoms with Crippen LogP contribution >= 0.6 is 0 Å². The molecule has 1 fully saturated rings. The van der Waals surface area contributed by atoms with Crippen molar-refractivity contribution < 1.29 is 9.42 Å². The van der Waals surface area contributed by atoms with E-state index in [4.69, 9.17) is 10.4 Å². The fraction of sp³-hybridized carbons (Fsp3) is 0.333. The minimum atomic E-state index is -0.470. The first-order valence-electron chi connectivity index (χ1n) is 10.4. The number of likely N-dealkylation sites (tertiary alicyclic amines) is 1. The van der Waals surface area contributed by atoms with Crippen LogP contribution < -0.4 is 11.2 Å². The van der Waals surface area contributed by atoms with Gasteiger partial charge in [-0.15, -0.1) is 5.10 Å². The van der Waals surface area contributed by atoms with Gasteiger partial charge in [-0.3, -0.25) is 9.69 Å². The molecule has 2 aromatic heterocycles. The van der Waals surface area contributed by atoms with Gasteiger partial charge < -0.3 is 5.73 Å². The van der Waals surface area contributed by atoms with Gasteiger partial charge in [-0.2, -0.15) is 9.78 Å². The third-order valence-electron chi connectivity index (χ3n) is 5.12. The Hall–Kier alpha value is -3.86. The van der Waals surface area contributed by atoms with E-state index in [1.54, 1.807) is 6.21 Å². The van der Waals surface area contributed by atoms with Crippen molar-refractivity contribution in [2.24, 2.45) is 5.10 Å². The van der Waals surface area contributed by atoms with E-state index in [0.717, 1.165) is 37.1 Å². The van der Waals surface area contributed by atoms with Crippen molar-refractivity contribution in [3.63, 3.8) is 0 Å². The number of nitrogens with zero attached hydrogens (tertiary/aromatic N) is 7. The number of piperidine rings is 1. The maximum Gasteiger partial charge on any atom is 0.293 e. The molecule has 1 aliphatic rings. The Kier molecular flexibility index (Phi) is 6.66. The van der Waals surface area contributed by atoms with Gasteiger partial charge in [0.25, 0.3) is 5.91 Å². The number of carbonyl (C=O) groups is 1. The van der Waals surface area contributed by atoms with E-state index in [0.29, 0.717) is 12.2 Å². The molecule has 0 unspecified atom stereocenters. The van der Waals surface area contributed by atoms with Gasteiger partial charge in [-0.05, 0) is 54.3 Å². The maximum atomic E-state index is 12.8. The summed E-state index contributed by atoms with van der Waals surface area (Å²) in [4.78, 5) is 15.1. The molecular formula is C21H25N9O2. The van der Waals surface area contributed by atoms with Crippen LogP contribution in [-0.4, -0.2) is 55.4 Å². The Morgan fingerprint density at radius 3 is 2.72 bits per heavy atom. The number of hydrazone groups is 1. The lowest BCUT2D eigenvalue weighted by Gasteiger charge is -2.26. The number of anilines is 1. The summed E-state index contributed by atoms with van der Waals surface area (Å²) in [6.45, 7) is 4.24. The fourth-order valence-electron chi connectivity index (χ4n) is 3.55. The van der Waals surface area contributed by atoms with Crippen LogP contribution in [0.5, 0.6) is 0 Å². The molecule has 1 aliphatic heterocycles. The minimum Gasteiger partial charge on any atom is -0.378 e. The molecule has 0 bridgehead atoms. The topological polar surface area (TPSA) is 140 Å². The lowest BCUT2D eigenvalue weighted by Crippen LogP contribution is -2.31. The molecule has 0 radical (unpaired) electrons. The number of benzene rings is 1. The van der Waals surface area contributed by atoms with Gasteiger partial charge in [0.05, 0.1) is 11.9 Å². The number of nitrogens with two attached hydrogens (primary N) is 1. The first kappa shape index (κ1) is 21.4. The maximum absolute atomic E-state index is 12.8. The molecule has 0 saturated carbocycles. The van der Waals surface area contributed by atoms with Crippen LogP contribution in [0.1, 0.15) is 47.9 Å². The monoisotopic (exact) mass is 435 g/mol. The van der Waals surface area contributed by atoms with E-state index >= 15 is 0 Å². The van der Waals surface area contributed by atoms with Crippen molar-refractivity contribution in [1.82, 2.24) is 35.6 Å². The third-order valence-corrected chi connectivity index (χ3v) is 5.12. The Balaban J connectivity index is 1.52. The van der Waals surface area contributed by atoms with Gasteiger partial charge in [-0.25, -0.2) is 10.1 Å². The molecular weight excluding hydrogens is 410 g/mol. The summed E-state index contributed by atoms with van der Waals surface area (Å²) in [5.41, 5.74) is 11.0. The van der Waals surface area contributed by atoms with Gasteiger partial charge in [0, 0.05) is 6.54 Å². The molecule has 3 aromatic rings. The van der Waals surface area contributed by atoms with E-state index in [1.807, 2.05) is 43.3 Å². The first-order valence-corrected chi connectivity index (χ1v) is 10.4. The van der Waals surface area contributed by atoms with Crippen LogP contribution in [0.3, 0.4) is 0 Å². The number of allylic oxidation sites excluding steroid dienone is 1.